The molecule has 2 aliphatic heterocycles. The van der Waals surface area contributed by atoms with E-state index >= 15 is 0 Å². The summed E-state index contributed by atoms with van der Waals surface area (Å²) in [5.74, 6) is 8.56. The van der Waals surface area contributed by atoms with E-state index < -0.39 is 0 Å². The fraction of sp³-hybridized carbons (Fsp3) is 0.467. The maximum absolute atomic E-state index is 10.3. The molecule has 1 aromatic carbocycles. The maximum atomic E-state index is 10.3. The van der Waals surface area contributed by atoms with E-state index in [1.807, 2.05) is 30.5 Å². The Kier molecular flexibility index (Phi) is 6.96. The number of rotatable bonds is 4. The lowest BCUT2D eigenvalue weighted by molar-refractivity contribution is 0.143. The van der Waals surface area contributed by atoms with Crippen molar-refractivity contribution in [1.29, 1.82) is 0 Å². The number of likely N-dealkylation sites (tertiary alicyclic amines) is 1. The highest BCUT2D eigenvalue weighted by Gasteiger charge is 2.42. The Morgan fingerprint density at radius 3 is 2.74 bits per heavy atom. The molecule has 2 saturated heterocycles. The first-order chi connectivity index (χ1) is 19.0. The molecular formula is C30H36N8O. The SMILES string of the molecule is CC1CCN(c2cc(-c3ccccc3O)nnc2N)CCN1c1ccnc(C#CCN2CCC3(CCC3)C2)n1. The molecule has 9 heteroatoms. The summed E-state index contributed by atoms with van der Waals surface area (Å²) < 4.78 is 0. The van der Waals surface area contributed by atoms with Gasteiger partial charge in [-0.25, -0.2) is 9.97 Å². The average Bonchev–Trinajstić information content (AvgIpc) is 3.28. The van der Waals surface area contributed by atoms with Crippen molar-refractivity contribution in [3.05, 3.63) is 48.4 Å². The first kappa shape index (κ1) is 25.4. The van der Waals surface area contributed by atoms with Crippen LogP contribution in [-0.4, -0.2) is 75.5 Å². The zero-order valence-corrected chi connectivity index (χ0v) is 22.6. The van der Waals surface area contributed by atoms with Gasteiger partial charge in [-0.3, -0.25) is 4.90 Å². The predicted octanol–water partition coefficient (Wildman–Crippen LogP) is 3.55. The summed E-state index contributed by atoms with van der Waals surface area (Å²) in [6.45, 7) is 7.70. The fourth-order valence-corrected chi connectivity index (χ4v) is 6.15. The molecule has 9 nitrogen and oxygen atoms in total. The number of aromatic hydroxyl groups is 1. The van der Waals surface area contributed by atoms with E-state index in [1.165, 1.54) is 32.2 Å². The summed E-state index contributed by atoms with van der Waals surface area (Å²) in [7, 11) is 0. The summed E-state index contributed by atoms with van der Waals surface area (Å²) in [5, 5.41) is 18.7. The molecule has 3 N–H and O–H groups in total. The molecule has 202 valence electrons. The van der Waals surface area contributed by atoms with Gasteiger partial charge in [0.1, 0.15) is 11.6 Å². The van der Waals surface area contributed by atoms with Gasteiger partial charge in [0.05, 0.1) is 17.9 Å². The van der Waals surface area contributed by atoms with Crippen molar-refractivity contribution in [2.75, 3.05) is 54.8 Å². The number of aromatic nitrogens is 4. The Labute approximate surface area is 230 Å². The number of nitrogen functional groups attached to an aromatic ring is 1. The largest absolute Gasteiger partial charge is 0.507 e. The lowest BCUT2D eigenvalue weighted by Crippen LogP contribution is -2.35. The fourth-order valence-electron chi connectivity index (χ4n) is 6.15. The second-order valence-electron chi connectivity index (χ2n) is 11.2. The quantitative estimate of drug-likeness (QED) is 0.496. The van der Waals surface area contributed by atoms with Gasteiger partial charge in [-0.15, -0.1) is 10.2 Å². The third-order valence-corrected chi connectivity index (χ3v) is 8.65. The molecule has 1 saturated carbocycles. The number of hydrogen-bond donors (Lipinski definition) is 2. The van der Waals surface area contributed by atoms with E-state index in [4.69, 9.17) is 10.7 Å². The minimum Gasteiger partial charge on any atom is -0.507 e. The van der Waals surface area contributed by atoms with E-state index in [9.17, 15) is 5.11 Å². The minimum absolute atomic E-state index is 0.170. The van der Waals surface area contributed by atoms with Crippen LogP contribution in [0.3, 0.4) is 0 Å². The van der Waals surface area contributed by atoms with Crippen molar-refractivity contribution in [1.82, 2.24) is 25.1 Å². The van der Waals surface area contributed by atoms with E-state index in [-0.39, 0.29) is 11.8 Å². The van der Waals surface area contributed by atoms with E-state index in [1.54, 1.807) is 12.1 Å². The molecule has 3 fully saturated rings. The third-order valence-electron chi connectivity index (χ3n) is 8.65. The summed E-state index contributed by atoms with van der Waals surface area (Å²) in [6.07, 6.45) is 8.21. The Morgan fingerprint density at radius 2 is 1.95 bits per heavy atom. The minimum atomic E-state index is 0.170. The first-order valence-electron chi connectivity index (χ1n) is 14.0. The summed E-state index contributed by atoms with van der Waals surface area (Å²) in [4.78, 5) is 16.3. The van der Waals surface area contributed by atoms with Gasteiger partial charge in [-0.05, 0) is 74.8 Å². The van der Waals surface area contributed by atoms with E-state index in [0.717, 1.165) is 50.6 Å². The van der Waals surface area contributed by atoms with Gasteiger partial charge >= 0.3 is 0 Å². The van der Waals surface area contributed by atoms with Gasteiger partial charge in [-0.2, -0.15) is 0 Å². The summed E-state index contributed by atoms with van der Waals surface area (Å²) in [6, 6.07) is 11.3. The van der Waals surface area contributed by atoms with E-state index in [0.29, 0.717) is 28.3 Å². The molecule has 1 unspecified atom stereocenters. The molecule has 0 amide bonds. The van der Waals surface area contributed by atoms with Crippen molar-refractivity contribution >= 4 is 17.3 Å². The highest BCUT2D eigenvalue weighted by atomic mass is 16.3. The third kappa shape index (κ3) is 5.34. The van der Waals surface area contributed by atoms with E-state index in [2.05, 4.69) is 48.6 Å². The lowest BCUT2D eigenvalue weighted by atomic mass is 9.68. The Morgan fingerprint density at radius 1 is 1.08 bits per heavy atom. The van der Waals surface area contributed by atoms with Crippen LogP contribution in [0.1, 0.15) is 44.9 Å². The van der Waals surface area contributed by atoms with Crippen LogP contribution >= 0.6 is 0 Å². The molecule has 1 atom stereocenters. The predicted molar refractivity (Wildman–Crippen MR) is 153 cm³/mol. The zero-order chi connectivity index (χ0) is 26.8. The molecule has 3 aromatic rings. The number of nitrogens with two attached hydrogens (primary N) is 1. The second-order valence-corrected chi connectivity index (χ2v) is 11.2. The summed E-state index contributed by atoms with van der Waals surface area (Å²) >= 11 is 0. The van der Waals surface area contributed by atoms with Gasteiger partial charge in [0.2, 0.25) is 5.82 Å². The molecule has 6 rings (SSSR count). The molecule has 0 radical (unpaired) electrons. The van der Waals surface area contributed by atoms with Crippen LogP contribution in [0, 0.1) is 17.3 Å². The molecule has 2 aromatic heterocycles. The number of phenols is 1. The Bertz CT molecular complexity index is 1390. The van der Waals surface area contributed by atoms with Crippen LogP contribution in [-0.2, 0) is 0 Å². The smallest absolute Gasteiger partial charge is 0.206 e. The van der Waals surface area contributed by atoms with Gasteiger partial charge in [0.15, 0.2) is 5.82 Å². The normalized spacial score (nSPS) is 20.8. The zero-order valence-electron chi connectivity index (χ0n) is 22.6. The Balaban J connectivity index is 1.14. The van der Waals surface area contributed by atoms with Gasteiger partial charge in [0.25, 0.3) is 0 Å². The number of nitrogens with zero attached hydrogens (tertiary/aromatic N) is 7. The Hall–Kier alpha value is -3.90. The monoisotopic (exact) mass is 524 g/mol. The van der Waals surface area contributed by atoms with Crippen LogP contribution in [0.5, 0.6) is 5.75 Å². The van der Waals surface area contributed by atoms with Crippen molar-refractivity contribution < 1.29 is 5.11 Å². The molecule has 39 heavy (non-hydrogen) atoms. The topological polar surface area (TPSA) is 108 Å². The van der Waals surface area contributed by atoms with Crippen LogP contribution in [0.4, 0.5) is 17.3 Å². The molecule has 1 spiro atoms. The molecular weight excluding hydrogens is 488 g/mol. The van der Waals surface area contributed by atoms with Crippen LogP contribution < -0.4 is 15.5 Å². The van der Waals surface area contributed by atoms with Crippen molar-refractivity contribution in [3.63, 3.8) is 0 Å². The van der Waals surface area contributed by atoms with Crippen LogP contribution in [0.15, 0.2) is 42.6 Å². The van der Waals surface area contributed by atoms with Crippen LogP contribution in [0.25, 0.3) is 11.3 Å². The average molecular weight is 525 g/mol. The van der Waals surface area contributed by atoms with Crippen molar-refractivity contribution in [2.45, 2.75) is 45.1 Å². The van der Waals surface area contributed by atoms with Crippen LogP contribution in [0.2, 0.25) is 0 Å². The number of phenolic OH excluding ortho intramolecular Hbond substituents is 1. The van der Waals surface area contributed by atoms with Gasteiger partial charge in [0, 0.05) is 44.0 Å². The maximum Gasteiger partial charge on any atom is 0.206 e. The van der Waals surface area contributed by atoms with Gasteiger partial charge in [-0.1, -0.05) is 24.5 Å². The van der Waals surface area contributed by atoms with Crippen molar-refractivity contribution in [2.24, 2.45) is 5.41 Å². The number of benzene rings is 1. The summed E-state index contributed by atoms with van der Waals surface area (Å²) in [5.41, 5.74) is 8.94. The number of hydrogen-bond acceptors (Lipinski definition) is 9. The van der Waals surface area contributed by atoms with Gasteiger partial charge < -0.3 is 20.6 Å². The van der Waals surface area contributed by atoms with Crippen molar-refractivity contribution in [3.8, 4) is 28.8 Å². The molecule has 3 aliphatic rings. The number of anilines is 3. The first-order valence-corrected chi connectivity index (χ1v) is 14.0. The number of para-hydroxylation sites is 1. The highest BCUT2D eigenvalue weighted by Crippen LogP contribution is 2.47. The standard InChI is InChI=1S/C30H36N8O/c1-22-10-16-37(25-20-24(34-35-29(25)31)23-6-2-3-7-26(23)39)18-19-38(22)28-9-14-32-27(33-28)8-4-15-36-17-13-30(21-36)11-5-12-30/h2-3,6-7,9,14,20,22,39H,5,10-13,15-19,21H2,1H3,(H2,31,35). The molecule has 0 bridgehead atoms. The lowest BCUT2D eigenvalue weighted by Gasteiger charge is -2.38. The molecule has 4 heterocycles. The highest BCUT2D eigenvalue weighted by molar-refractivity contribution is 5.74. The second kappa shape index (κ2) is 10.7. The molecule has 1 aliphatic carbocycles.